The van der Waals surface area contributed by atoms with E-state index in [-0.39, 0.29) is 0 Å². The summed E-state index contributed by atoms with van der Waals surface area (Å²) in [5, 5.41) is 0. The van der Waals surface area contributed by atoms with Crippen LogP contribution in [-0.2, 0) is 30.5 Å². The van der Waals surface area contributed by atoms with Crippen LogP contribution >= 0.6 is 31.9 Å². The first kappa shape index (κ1) is 14.8. The Labute approximate surface area is 140 Å². The summed E-state index contributed by atoms with van der Waals surface area (Å²) in [6, 6.07) is 10.7. The highest BCUT2D eigenvalue weighted by Crippen LogP contribution is 2.31. The van der Waals surface area contributed by atoms with E-state index >= 15 is 0 Å². The molecule has 0 spiro atoms. The summed E-state index contributed by atoms with van der Waals surface area (Å²) in [7, 11) is 0. The molecule has 4 aliphatic rings. The second-order valence-electron chi connectivity index (χ2n) is 5.19. The zero-order valence-electron chi connectivity index (χ0n) is 11.4. The van der Waals surface area contributed by atoms with E-state index in [4.69, 9.17) is 4.74 Å². The van der Waals surface area contributed by atoms with Gasteiger partial charge in [-0.3, -0.25) is 4.79 Å². The summed E-state index contributed by atoms with van der Waals surface area (Å²) in [5.74, 6) is 0.675. The van der Waals surface area contributed by atoms with Gasteiger partial charge in [0.25, 0.3) is 6.47 Å². The molecule has 2 aromatic rings. The van der Waals surface area contributed by atoms with Gasteiger partial charge in [-0.15, -0.1) is 0 Å². The second-order valence-corrected chi connectivity index (χ2v) is 6.90. The first-order chi connectivity index (χ1) is 10.2. The fourth-order valence-corrected chi connectivity index (χ4v) is 3.90. The third kappa shape index (κ3) is 3.22. The van der Waals surface area contributed by atoms with Crippen LogP contribution in [0.5, 0.6) is 5.75 Å². The summed E-state index contributed by atoms with van der Waals surface area (Å²) in [5.41, 5.74) is 4.79. The topological polar surface area (TPSA) is 26.3 Å². The summed E-state index contributed by atoms with van der Waals surface area (Å²) in [6.07, 6.45) is 3.60. The van der Waals surface area contributed by atoms with Crippen LogP contribution in [0.4, 0.5) is 0 Å². The van der Waals surface area contributed by atoms with Crippen LogP contribution in [0.25, 0.3) is 0 Å². The van der Waals surface area contributed by atoms with Gasteiger partial charge in [-0.25, -0.2) is 0 Å². The molecule has 6 rings (SSSR count). The standard InChI is InChI=1S/C17H14Br2O2/c18-15-7-11-1-3-12(15)5-6-14-8-16(19)13(4-2-11)9-17(14)21-10-20/h1,3,7-10H,2,4-6H2. The Morgan fingerprint density at radius 3 is 2.33 bits per heavy atom. The number of hydrogen-bond acceptors (Lipinski definition) is 2. The predicted molar refractivity (Wildman–Crippen MR) is 89.8 cm³/mol. The summed E-state index contributed by atoms with van der Waals surface area (Å²) in [4.78, 5) is 10.7. The minimum Gasteiger partial charge on any atom is -0.428 e. The van der Waals surface area contributed by atoms with Gasteiger partial charge in [-0.1, -0.05) is 44.0 Å². The van der Waals surface area contributed by atoms with E-state index in [0.717, 1.165) is 45.8 Å². The van der Waals surface area contributed by atoms with E-state index in [1.54, 1.807) is 0 Å². The average molecular weight is 410 g/mol. The van der Waals surface area contributed by atoms with Gasteiger partial charge in [-0.2, -0.15) is 0 Å². The molecule has 0 saturated heterocycles. The maximum absolute atomic E-state index is 10.7. The van der Waals surface area contributed by atoms with Crippen molar-refractivity contribution in [2.45, 2.75) is 25.7 Å². The summed E-state index contributed by atoms with van der Waals surface area (Å²) < 4.78 is 7.42. The van der Waals surface area contributed by atoms with E-state index < -0.39 is 0 Å². The van der Waals surface area contributed by atoms with Crippen molar-refractivity contribution in [3.05, 3.63) is 61.5 Å². The Morgan fingerprint density at radius 1 is 0.857 bits per heavy atom. The van der Waals surface area contributed by atoms with Crippen molar-refractivity contribution >= 4 is 38.3 Å². The van der Waals surface area contributed by atoms with E-state index in [2.05, 4.69) is 56.1 Å². The zero-order valence-corrected chi connectivity index (χ0v) is 14.5. The van der Waals surface area contributed by atoms with Crippen molar-refractivity contribution in [3.63, 3.8) is 0 Å². The van der Waals surface area contributed by atoms with Crippen LogP contribution in [0.3, 0.4) is 0 Å². The number of ether oxygens (including phenoxy) is 1. The summed E-state index contributed by atoms with van der Waals surface area (Å²) >= 11 is 7.29. The maximum atomic E-state index is 10.7. The smallest absolute Gasteiger partial charge is 0.298 e. The largest absolute Gasteiger partial charge is 0.428 e. The predicted octanol–water partition coefficient (Wildman–Crippen LogP) is 4.63. The highest BCUT2D eigenvalue weighted by molar-refractivity contribution is 9.10. The molecule has 0 radical (unpaired) electrons. The molecule has 0 aliphatic heterocycles. The molecule has 21 heavy (non-hydrogen) atoms. The molecule has 0 amide bonds. The second kappa shape index (κ2) is 6.32. The Kier molecular flexibility index (Phi) is 4.45. The lowest BCUT2D eigenvalue weighted by molar-refractivity contribution is -0.120. The Hall–Kier alpha value is -1.13. The van der Waals surface area contributed by atoms with Crippen molar-refractivity contribution in [2.75, 3.05) is 0 Å². The fraction of sp³-hybridized carbons (Fsp3) is 0.235. The van der Waals surface area contributed by atoms with Crippen molar-refractivity contribution in [1.82, 2.24) is 0 Å². The van der Waals surface area contributed by atoms with Crippen molar-refractivity contribution < 1.29 is 9.53 Å². The van der Waals surface area contributed by atoms with Gasteiger partial charge in [0.05, 0.1) is 0 Å². The molecular formula is C17H14Br2O2. The zero-order chi connectivity index (χ0) is 14.8. The van der Waals surface area contributed by atoms with Gasteiger partial charge >= 0.3 is 0 Å². The van der Waals surface area contributed by atoms with E-state index in [1.165, 1.54) is 11.1 Å². The molecule has 0 unspecified atom stereocenters. The van der Waals surface area contributed by atoms with Crippen LogP contribution in [0.15, 0.2) is 39.3 Å². The molecule has 108 valence electrons. The molecule has 2 nitrogen and oxygen atoms in total. The molecule has 4 bridgehead atoms. The normalized spacial score (nSPS) is 13.6. The number of rotatable bonds is 2. The van der Waals surface area contributed by atoms with Crippen molar-refractivity contribution in [3.8, 4) is 5.75 Å². The molecule has 4 aliphatic carbocycles. The molecule has 0 atom stereocenters. The lowest BCUT2D eigenvalue weighted by atomic mass is 9.96. The molecule has 0 saturated carbocycles. The Bertz CT molecular complexity index is 695. The number of halogens is 2. The monoisotopic (exact) mass is 408 g/mol. The highest BCUT2D eigenvalue weighted by atomic mass is 79.9. The van der Waals surface area contributed by atoms with Crippen LogP contribution in [-0.4, -0.2) is 6.47 Å². The minimum atomic E-state index is 0.506. The Morgan fingerprint density at radius 2 is 1.57 bits per heavy atom. The van der Waals surface area contributed by atoms with Crippen LogP contribution < -0.4 is 4.74 Å². The van der Waals surface area contributed by atoms with Gasteiger partial charge in [0, 0.05) is 8.95 Å². The van der Waals surface area contributed by atoms with Crippen LogP contribution in [0.1, 0.15) is 22.3 Å². The van der Waals surface area contributed by atoms with Crippen molar-refractivity contribution in [2.24, 2.45) is 0 Å². The maximum Gasteiger partial charge on any atom is 0.298 e. The third-order valence-electron chi connectivity index (χ3n) is 3.87. The van der Waals surface area contributed by atoms with Gasteiger partial charge in [-0.05, 0) is 66.1 Å². The fourth-order valence-electron chi connectivity index (χ4n) is 2.68. The third-order valence-corrected chi connectivity index (χ3v) is 5.35. The van der Waals surface area contributed by atoms with E-state index in [9.17, 15) is 4.79 Å². The van der Waals surface area contributed by atoms with Gasteiger partial charge in [0.1, 0.15) is 5.75 Å². The van der Waals surface area contributed by atoms with Crippen LogP contribution in [0.2, 0.25) is 0 Å². The summed E-state index contributed by atoms with van der Waals surface area (Å²) in [6.45, 7) is 0.506. The molecule has 0 N–H and O–H groups in total. The quantitative estimate of drug-likeness (QED) is 0.676. The molecular weight excluding hydrogens is 396 g/mol. The van der Waals surface area contributed by atoms with Gasteiger partial charge < -0.3 is 4.74 Å². The minimum absolute atomic E-state index is 0.506. The van der Waals surface area contributed by atoms with Crippen LogP contribution in [0, 0.1) is 0 Å². The first-order valence-electron chi connectivity index (χ1n) is 6.86. The van der Waals surface area contributed by atoms with Gasteiger partial charge in [0.15, 0.2) is 0 Å². The molecule has 0 aromatic heterocycles. The number of aryl methyl sites for hydroxylation is 4. The molecule has 2 aromatic carbocycles. The number of carbonyl (C=O) groups excluding carboxylic acids is 1. The highest BCUT2D eigenvalue weighted by Gasteiger charge is 2.13. The molecule has 4 heteroatoms. The number of benzene rings is 2. The molecule has 0 heterocycles. The first-order valence-corrected chi connectivity index (χ1v) is 8.45. The van der Waals surface area contributed by atoms with Crippen molar-refractivity contribution in [1.29, 1.82) is 0 Å². The lowest BCUT2D eigenvalue weighted by Gasteiger charge is -2.15. The number of hydrogen-bond donors (Lipinski definition) is 0. The molecule has 0 fully saturated rings. The SMILES string of the molecule is O=COc1cc2c(Br)cc1CCc1ccc(cc1Br)CC2. The van der Waals surface area contributed by atoms with E-state index in [1.807, 2.05) is 6.07 Å². The van der Waals surface area contributed by atoms with E-state index in [0.29, 0.717) is 12.2 Å². The average Bonchev–Trinajstić information content (AvgIpc) is 2.45. The lowest BCUT2D eigenvalue weighted by Crippen LogP contribution is -2.03. The Balaban J connectivity index is 2.06. The number of carbonyl (C=O) groups is 1. The van der Waals surface area contributed by atoms with Gasteiger partial charge in [0.2, 0.25) is 0 Å².